The van der Waals surface area contributed by atoms with E-state index in [1.807, 2.05) is 30.3 Å². The van der Waals surface area contributed by atoms with Crippen LogP contribution in [0.15, 0.2) is 65.1 Å². The van der Waals surface area contributed by atoms with Crippen molar-refractivity contribution >= 4 is 38.2 Å². The van der Waals surface area contributed by atoms with Crippen molar-refractivity contribution in [2.75, 3.05) is 18.4 Å². The van der Waals surface area contributed by atoms with Gasteiger partial charge in [-0.05, 0) is 68.2 Å². The Morgan fingerprint density at radius 2 is 1.79 bits per heavy atom. The van der Waals surface area contributed by atoms with Gasteiger partial charge >= 0.3 is 0 Å². The molecular weight excluding hydrogens is 444 g/mol. The van der Waals surface area contributed by atoms with Crippen LogP contribution in [0.1, 0.15) is 52.2 Å². The monoisotopic (exact) mass is 468 g/mol. The molecule has 3 nitrogen and oxygen atoms in total. The van der Waals surface area contributed by atoms with E-state index in [1.54, 1.807) is 11.3 Å². The molecule has 1 aromatic heterocycles. The van der Waals surface area contributed by atoms with Gasteiger partial charge in [0.15, 0.2) is 0 Å². The first-order valence-corrected chi connectivity index (χ1v) is 11.7. The Labute approximate surface area is 184 Å². The Morgan fingerprint density at radius 1 is 1.10 bits per heavy atom. The quantitative estimate of drug-likeness (QED) is 0.446. The molecule has 1 aliphatic heterocycles. The van der Waals surface area contributed by atoms with Crippen molar-refractivity contribution in [1.29, 1.82) is 0 Å². The van der Waals surface area contributed by atoms with Crippen molar-refractivity contribution in [2.24, 2.45) is 0 Å². The minimum atomic E-state index is -0.0488. The molecule has 1 N–H and O–H groups in total. The maximum Gasteiger partial charge on any atom is 0.256 e. The third kappa shape index (κ3) is 4.63. The van der Waals surface area contributed by atoms with Crippen molar-refractivity contribution in [3.63, 3.8) is 0 Å². The first-order chi connectivity index (χ1) is 14.2. The van der Waals surface area contributed by atoms with Gasteiger partial charge in [-0.1, -0.05) is 53.2 Å². The first-order valence-electron chi connectivity index (χ1n) is 10.1. The highest BCUT2D eigenvalue weighted by Gasteiger charge is 2.29. The number of amides is 1. The number of nitrogens with one attached hydrogen (secondary N) is 1. The summed E-state index contributed by atoms with van der Waals surface area (Å²) in [5.74, 6) is -0.0488. The molecule has 0 radical (unpaired) electrons. The summed E-state index contributed by atoms with van der Waals surface area (Å²) in [5.41, 5.74) is 3.16. The zero-order valence-electron chi connectivity index (χ0n) is 16.5. The fourth-order valence-corrected chi connectivity index (χ4v) is 5.22. The van der Waals surface area contributed by atoms with Gasteiger partial charge in [0.1, 0.15) is 5.00 Å². The molecule has 1 saturated heterocycles. The maximum absolute atomic E-state index is 12.9. The van der Waals surface area contributed by atoms with Crippen LogP contribution in [0.3, 0.4) is 0 Å². The fourth-order valence-electron chi connectivity index (χ4n) is 3.93. The van der Waals surface area contributed by atoms with Crippen molar-refractivity contribution in [3.05, 3.63) is 86.7 Å². The van der Waals surface area contributed by atoms with Gasteiger partial charge in [0.2, 0.25) is 0 Å². The van der Waals surface area contributed by atoms with E-state index in [1.165, 1.54) is 28.8 Å². The van der Waals surface area contributed by atoms with Gasteiger partial charge in [0.25, 0.3) is 5.91 Å². The van der Waals surface area contributed by atoms with E-state index in [0.29, 0.717) is 5.56 Å². The summed E-state index contributed by atoms with van der Waals surface area (Å²) >= 11 is 5.25. The number of anilines is 1. The van der Waals surface area contributed by atoms with E-state index >= 15 is 0 Å². The van der Waals surface area contributed by atoms with Crippen molar-refractivity contribution in [3.8, 4) is 0 Å². The largest absolute Gasteiger partial charge is 0.313 e. The van der Waals surface area contributed by atoms with Crippen LogP contribution in [0, 0.1) is 0 Å². The molecule has 0 unspecified atom stereocenters. The van der Waals surface area contributed by atoms with Gasteiger partial charge in [0, 0.05) is 20.5 Å². The summed E-state index contributed by atoms with van der Waals surface area (Å²) < 4.78 is 1.08. The maximum atomic E-state index is 12.9. The lowest BCUT2D eigenvalue weighted by Crippen LogP contribution is -2.27. The summed E-state index contributed by atoms with van der Waals surface area (Å²) in [6.07, 6.45) is 3.42. The average molecular weight is 469 g/mol. The van der Waals surface area contributed by atoms with Gasteiger partial charge in [-0.3, -0.25) is 9.69 Å². The number of hydrogen-bond donors (Lipinski definition) is 1. The van der Waals surface area contributed by atoms with Crippen LogP contribution < -0.4 is 5.32 Å². The van der Waals surface area contributed by atoms with Crippen LogP contribution in [0.5, 0.6) is 0 Å². The Hall–Kier alpha value is -1.95. The minimum Gasteiger partial charge on any atom is -0.313 e. The smallest absolute Gasteiger partial charge is 0.256 e. The summed E-state index contributed by atoms with van der Waals surface area (Å²) in [7, 11) is 0. The van der Waals surface area contributed by atoms with Crippen LogP contribution >= 0.6 is 27.3 Å². The molecule has 1 aliphatic rings. The molecule has 0 aliphatic carbocycles. The topological polar surface area (TPSA) is 32.3 Å². The zero-order valence-corrected chi connectivity index (χ0v) is 18.9. The molecule has 29 heavy (non-hydrogen) atoms. The van der Waals surface area contributed by atoms with Crippen LogP contribution in [0.4, 0.5) is 5.00 Å². The third-order valence-electron chi connectivity index (χ3n) is 5.41. The fraction of sp³-hybridized carbons (Fsp3) is 0.292. The van der Waals surface area contributed by atoms with Crippen molar-refractivity contribution < 1.29 is 4.79 Å². The molecule has 3 aromatic rings. The molecule has 1 atom stereocenters. The van der Waals surface area contributed by atoms with Gasteiger partial charge in [-0.2, -0.15) is 0 Å². The van der Waals surface area contributed by atoms with E-state index in [4.69, 9.17) is 0 Å². The first kappa shape index (κ1) is 20.3. The van der Waals surface area contributed by atoms with E-state index in [2.05, 4.69) is 63.4 Å². The molecule has 1 fully saturated rings. The van der Waals surface area contributed by atoms with Gasteiger partial charge in [0.05, 0.1) is 6.04 Å². The SMILES string of the molecule is CCc1cc([C@H](c2ccc(Br)cc2)N2CCCC2)c(NC(=O)c2ccccc2)s1. The predicted octanol–water partition coefficient (Wildman–Crippen LogP) is 6.51. The number of likely N-dealkylation sites (tertiary alicyclic amines) is 1. The number of hydrogen-bond acceptors (Lipinski definition) is 3. The number of nitrogens with zero attached hydrogens (tertiary/aromatic N) is 1. The Morgan fingerprint density at radius 3 is 2.45 bits per heavy atom. The number of carbonyl (C=O) groups is 1. The molecule has 0 saturated carbocycles. The molecule has 2 heterocycles. The second-order valence-corrected chi connectivity index (χ2v) is 9.42. The van der Waals surface area contributed by atoms with Crippen molar-refractivity contribution in [1.82, 2.24) is 4.90 Å². The summed E-state index contributed by atoms with van der Waals surface area (Å²) in [6, 6.07) is 20.5. The molecule has 1 amide bonds. The number of thiophene rings is 1. The molecule has 150 valence electrons. The highest BCUT2D eigenvalue weighted by atomic mass is 79.9. The highest BCUT2D eigenvalue weighted by molar-refractivity contribution is 9.10. The number of halogens is 1. The Bertz CT molecular complexity index is 962. The molecule has 4 rings (SSSR count). The predicted molar refractivity (Wildman–Crippen MR) is 125 cm³/mol. The van der Waals surface area contributed by atoms with Gasteiger partial charge in [-0.15, -0.1) is 11.3 Å². The van der Waals surface area contributed by atoms with E-state index in [9.17, 15) is 4.79 Å². The van der Waals surface area contributed by atoms with Crippen LogP contribution in [-0.4, -0.2) is 23.9 Å². The summed E-state index contributed by atoms with van der Waals surface area (Å²) in [5, 5.41) is 4.18. The second-order valence-electron chi connectivity index (χ2n) is 7.37. The number of benzene rings is 2. The molecule has 0 bridgehead atoms. The average Bonchev–Trinajstić information content (AvgIpc) is 3.41. The number of rotatable bonds is 6. The number of aryl methyl sites for hydroxylation is 1. The van der Waals surface area contributed by atoms with Crippen LogP contribution in [0.2, 0.25) is 0 Å². The summed E-state index contributed by atoms with van der Waals surface area (Å²) in [4.78, 5) is 16.7. The summed E-state index contributed by atoms with van der Waals surface area (Å²) in [6.45, 7) is 4.34. The standard InChI is InChI=1S/C24H25BrN2OS/c1-2-20-16-21(24(29-20)26-23(28)18-8-4-3-5-9-18)22(27-14-6-7-15-27)17-10-12-19(25)13-11-17/h3-5,8-13,16,22H,2,6-7,14-15H2,1H3,(H,26,28)/t22-/m0/s1. The Balaban J connectivity index is 1.73. The third-order valence-corrected chi connectivity index (χ3v) is 7.15. The minimum absolute atomic E-state index is 0.0488. The lowest BCUT2D eigenvalue weighted by Gasteiger charge is -2.28. The molecule has 5 heteroatoms. The Kier molecular flexibility index (Phi) is 6.48. The van der Waals surface area contributed by atoms with Crippen LogP contribution in [0.25, 0.3) is 0 Å². The number of carbonyl (C=O) groups excluding carboxylic acids is 1. The van der Waals surface area contributed by atoms with E-state index in [0.717, 1.165) is 29.0 Å². The van der Waals surface area contributed by atoms with Crippen molar-refractivity contribution in [2.45, 2.75) is 32.2 Å². The lowest BCUT2D eigenvalue weighted by molar-refractivity contribution is 0.102. The molecular formula is C24H25BrN2OS. The second kappa shape index (κ2) is 9.24. The molecule has 2 aromatic carbocycles. The highest BCUT2D eigenvalue weighted by Crippen LogP contribution is 2.41. The zero-order chi connectivity index (χ0) is 20.2. The van der Waals surface area contributed by atoms with E-state index in [-0.39, 0.29) is 11.9 Å². The lowest BCUT2D eigenvalue weighted by atomic mass is 9.98. The van der Waals surface area contributed by atoms with E-state index < -0.39 is 0 Å². The molecule has 0 spiro atoms. The van der Waals surface area contributed by atoms with Gasteiger partial charge in [-0.25, -0.2) is 0 Å². The van der Waals surface area contributed by atoms with Gasteiger partial charge < -0.3 is 5.32 Å². The van der Waals surface area contributed by atoms with Crippen LogP contribution in [-0.2, 0) is 6.42 Å². The normalized spacial score (nSPS) is 15.4.